The second kappa shape index (κ2) is 5.76. The van der Waals surface area contributed by atoms with Gasteiger partial charge in [0.15, 0.2) is 10.8 Å². The summed E-state index contributed by atoms with van der Waals surface area (Å²) in [4.78, 5) is 15.5. The van der Waals surface area contributed by atoms with Crippen molar-refractivity contribution in [1.29, 1.82) is 0 Å². The van der Waals surface area contributed by atoms with Crippen molar-refractivity contribution in [3.63, 3.8) is 0 Å². The van der Waals surface area contributed by atoms with Gasteiger partial charge in [0.25, 0.3) is 0 Å². The van der Waals surface area contributed by atoms with Gasteiger partial charge in [0.2, 0.25) is 0 Å². The fourth-order valence-electron chi connectivity index (χ4n) is 0.988. The number of halogens is 3. The van der Waals surface area contributed by atoms with Crippen LogP contribution in [0.1, 0.15) is 30.8 Å². The van der Waals surface area contributed by atoms with E-state index in [-0.39, 0.29) is 32.7 Å². The van der Waals surface area contributed by atoms with E-state index in [2.05, 4.69) is 4.98 Å². The first-order chi connectivity index (χ1) is 7.88. The van der Waals surface area contributed by atoms with Gasteiger partial charge in [-0.2, -0.15) is 0 Å². The maximum Gasteiger partial charge on any atom is 0.358 e. The van der Waals surface area contributed by atoms with E-state index in [4.69, 9.17) is 45.3 Å². The molecule has 0 aliphatic rings. The molecule has 0 aliphatic carbocycles. The lowest BCUT2D eigenvalue weighted by Gasteiger charge is -2.12. The van der Waals surface area contributed by atoms with Crippen LogP contribution in [-0.2, 0) is 4.74 Å². The summed E-state index contributed by atoms with van der Waals surface area (Å²) in [6.45, 7) is 3.64. The predicted molar refractivity (Wildman–Crippen MR) is 68.8 cm³/mol. The molecule has 0 amide bonds. The number of nitrogens with zero attached hydrogens (tertiary/aromatic N) is 1. The Labute approximate surface area is 114 Å². The molecule has 4 nitrogen and oxygen atoms in total. The number of carbonyl (C=O) groups excluding carboxylic acids is 1. The monoisotopic (exact) mass is 296 g/mol. The molecule has 0 saturated heterocycles. The summed E-state index contributed by atoms with van der Waals surface area (Å²) in [5.74, 6) is -0.672. The van der Waals surface area contributed by atoms with Gasteiger partial charge in [-0.15, -0.1) is 0 Å². The van der Waals surface area contributed by atoms with E-state index in [1.165, 1.54) is 0 Å². The number of rotatable bonds is 3. The van der Waals surface area contributed by atoms with Crippen LogP contribution in [0, 0.1) is 0 Å². The SMILES string of the molecule is CCC(C)OC(=O)c1nc(Cl)c(Cl)c(N)c1Cl. The van der Waals surface area contributed by atoms with E-state index in [1.807, 2.05) is 6.92 Å². The summed E-state index contributed by atoms with van der Waals surface area (Å²) in [5, 5.41) is -0.103. The molecule has 0 aromatic carbocycles. The maximum absolute atomic E-state index is 11.7. The van der Waals surface area contributed by atoms with Gasteiger partial charge in [-0.25, -0.2) is 9.78 Å². The van der Waals surface area contributed by atoms with Gasteiger partial charge in [0, 0.05) is 0 Å². The number of ether oxygens (including phenoxy) is 1. The first-order valence-corrected chi connectivity index (χ1v) is 6.02. The van der Waals surface area contributed by atoms with Crippen molar-refractivity contribution < 1.29 is 9.53 Å². The zero-order valence-corrected chi connectivity index (χ0v) is 11.5. The zero-order chi connectivity index (χ0) is 13.2. The first-order valence-electron chi connectivity index (χ1n) is 4.89. The molecule has 1 rings (SSSR count). The van der Waals surface area contributed by atoms with Gasteiger partial charge in [-0.05, 0) is 13.3 Å². The summed E-state index contributed by atoms with van der Waals surface area (Å²) >= 11 is 17.3. The molecule has 1 atom stereocenters. The smallest absolute Gasteiger partial charge is 0.358 e. The fourth-order valence-corrected chi connectivity index (χ4v) is 1.57. The molecule has 0 radical (unpaired) electrons. The van der Waals surface area contributed by atoms with E-state index in [9.17, 15) is 4.79 Å². The van der Waals surface area contributed by atoms with E-state index in [1.54, 1.807) is 6.92 Å². The van der Waals surface area contributed by atoms with Crippen molar-refractivity contribution in [2.75, 3.05) is 5.73 Å². The number of hydrogen-bond acceptors (Lipinski definition) is 4. The second-order valence-corrected chi connectivity index (χ2v) is 4.53. The summed E-state index contributed by atoms with van der Waals surface area (Å²) in [6.07, 6.45) is 0.441. The molecule has 0 bridgehead atoms. The average Bonchev–Trinajstić information content (AvgIpc) is 2.30. The molecule has 1 heterocycles. The number of nitrogen functional groups attached to an aromatic ring is 1. The number of hydrogen-bond donors (Lipinski definition) is 1. The minimum absolute atomic E-state index is 0.0180. The summed E-state index contributed by atoms with van der Waals surface area (Å²) in [7, 11) is 0. The third kappa shape index (κ3) is 3.15. The Morgan fingerprint density at radius 1 is 1.41 bits per heavy atom. The van der Waals surface area contributed by atoms with Gasteiger partial charge in [0.05, 0.1) is 16.8 Å². The number of esters is 1. The molecular formula is C10H11Cl3N2O2. The lowest BCUT2D eigenvalue weighted by atomic mass is 10.3. The highest BCUT2D eigenvalue weighted by Crippen LogP contribution is 2.34. The van der Waals surface area contributed by atoms with Crippen molar-refractivity contribution in [1.82, 2.24) is 4.98 Å². The Balaban J connectivity index is 3.11. The van der Waals surface area contributed by atoms with Gasteiger partial charge in [-0.1, -0.05) is 41.7 Å². The molecule has 1 aromatic rings. The van der Waals surface area contributed by atoms with Crippen LogP contribution in [0.15, 0.2) is 0 Å². The van der Waals surface area contributed by atoms with E-state index in [0.717, 1.165) is 0 Å². The van der Waals surface area contributed by atoms with E-state index in [0.29, 0.717) is 6.42 Å². The van der Waals surface area contributed by atoms with Crippen molar-refractivity contribution in [3.8, 4) is 0 Å². The molecule has 0 spiro atoms. The molecule has 0 fully saturated rings. The summed E-state index contributed by atoms with van der Waals surface area (Å²) in [5.41, 5.74) is 5.48. The van der Waals surface area contributed by atoms with Crippen LogP contribution in [0.2, 0.25) is 15.2 Å². The number of carbonyl (C=O) groups is 1. The number of anilines is 1. The Kier molecular flexibility index (Phi) is 4.86. The summed E-state index contributed by atoms with van der Waals surface area (Å²) < 4.78 is 5.07. The molecule has 94 valence electrons. The highest BCUT2D eigenvalue weighted by atomic mass is 35.5. The first kappa shape index (κ1) is 14.4. The second-order valence-electron chi connectivity index (χ2n) is 3.42. The highest BCUT2D eigenvalue weighted by Gasteiger charge is 2.21. The van der Waals surface area contributed by atoms with Gasteiger partial charge < -0.3 is 10.5 Å². The van der Waals surface area contributed by atoms with E-state index >= 15 is 0 Å². The summed E-state index contributed by atoms with van der Waals surface area (Å²) in [6, 6.07) is 0. The van der Waals surface area contributed by atoms with Crippen LogP contribution in [0.5, 0.6) is 0 Å². The van der Waals surface area contributed by atoms with Gasteiger partial charge in [-0.3, -0.25) is 0 Å². The standard InChI is InChI=1S/C10H11Cl3N2O2/c1-3-4(2)17-10(16)8-5(11)7(14)6(12)9(13)15-8/h4H,3H2,1-2H3,(H2,14,15). The van der Waals surface area contributed by atoms with E-state index < -0.39 is 5.97 Å². The normalized spacial score (nSPS) is 12.3. The van der Waals surface area contributed by atoms with Crippen molar-refractivity contribution in [3.05, 3.63) is 20.9 Å². The molecule has 0 saturated carbocycles. The molecule has 17 heavy (non-hydrogen) atoms. The Morgan fingerprint density at radius 2 is 2.00 bits per heavy atom. The molecular weight excluding hydrogens is 286 g/mol. The number of nitrogens with two attached hydrogens (primary N) is 1. The zero-order valence-electron chi connectivity index (χ0n) is 9.26. The Hall–Kier alpha value is -0.710. The third-order valence-electron chi connectivity index (χ3n) is 2.15. The quantitative estimate of drug-likeness (QED) is 0.684. The fraction of sp³-hybridized carbons (Fsp3) is 0.400. The van der Waals surface area contributed by atoms with Crippen molar-refractivity contribution in [2.24, 2.45) is 0 Å². The van der Waals surface area contributed by atoms with Crippen LogP contribution in [0.4, 0.5) is 5.69 Å². The molecule has 2 N–H and O–H groups in total. The van der Waals surface area contributed by atoms with Crippen LogP contribution in [-0.4, -0.2) is 17.1 Å². The van der Waals surface area contributed by atoms with Crippen molar-refractivity contribution in [2.45, 2.75) is 26.4 Å². The van der Waals surface area contributed by atoms with Crippen LogP contribution >= 0.6 is 34.8 Å². The largest absolute Gasteiger partial charge is 0.458 e. The predicted octanol–water partition coefficient (Wildman–Crippen LogP) is 3.58. The molecule has 0 aliphatic heterocycles. The average molecular weight is 298 g/mol. The van der Waals surface area contributed by atoms with Crippen LogP contribution in [0.25, 0.3) is 0 Å². The highest BCUT2D eigenvalue weighted by molar-refractivity contribution is 6.46. The lowest BCUT2D eigenvalue weighted by Crippen LogP contribution is -2.16. The minimum Gasteiger partial charge on any atom is -0.458 e. The van der Waals surface area contributed by atoms with Gasteiger partial charge in [0.1, 0.15) is 5.02 Å². The van der Waals surface area contributed by atoms with Crippen molar-refractivity contribution >= 4 is 46.5 Å². The maximum atomic E-state index is 11.7. The van der Waals surface area contributed by atoms with Crippen LogP contribution < -0.4 is 5.73 Å². The van der Waals surface area contributed by atoms with Gasteiger partial charge >= 0.3 is 5.97 Å². The Morgan fingerprint density at radius 3 is 2.53 bits per heavy atom. The molecule has 7 heteroatoms. The topological polar surface area (TPSA) is 65.2 Å². The number of pyridine rings is 1. The molecule has 1 aromatic heterocycles. The lowest BCUT2D eigenvalue weighted by molar-refractivity contribution is 0.0328. The van der Waals surface area contributed by atoms with Crippen LogP contribution in [0.3, 0.4) is 0 Å². The molecule has 1 unspecified atom stereocenters. The minimum atomic E-state index is -0.672. The Bertz CT molecular complexity index is 452. The number of aromatic nitrogens is 1. The third-order valence-corrected chi connectivity index (χ3v) is 3.28.